The summed E-state index contributed by atoms with van der Waals surface area (Å²) in [6.07, 6.45) is 3.14. The lowest BCUT2D eigenvalue weighted by atomic mass is 9.77. The molecular weight excluding hydrogens is 234 g/mol. The van der Waals surface area contributed by atoms with Gasteiger partial charge in [0, 0.05) is 6.61 Å². The zero-order valence-electron chi connectivity index (χ0n) is 11.9. The standard InChI is InChI=1S/C17H23NO/c1-13(2)12-19-17-10-15(8-9-16(17)11-18)14-6-4-3-5-7-14/h3-7,13,15-17H,8-10,12H2,1-2H3. The van der Waals surface area contributed by atoms with Gasteiger partial charge in [0.1, 0.15) is 0 Å². The zero-order chi connectivity index (χ0) is 13.7. The molecule has 1 aliphatic carbocycles. The molecule has 0 heterocycles. The maximum atomic E-state index is 9.25. The smallest absolute Gasteiger partial charge is 0.0739 e. The van der Waals surface area contributed by atoms with Gasteiger partial charge in [0.05, 0.1) is 18.1 Å². The minimum atomic E-state index is 0.0683. The van der Waals surface area contributed by atoms with Crippen molar-refractivity contribution in [1.29, 1.82) is 5.26 Å². The van der Waals surface area contributed by atoms with E-state index in [9.17, 15) is 5.26 Å². The van der Waals surface area contributed by atoms with E-state index in [-0.39, 0.29) is 12.0 Å². The van der Waals surface area contributed by atoms with Crippen molar-refractivity contribution in [2.45, 2.75) is 45.1 Å². The van der Waals surface area contributed by atoms with E-state index in [1.165, 1.54) is 5.56 Å². The molecule has 2 heteroatoms. The number of ether oxygens (including phenoxy) is 1. The highest BCUT2D eigenvalue weighted by Crippen LogP contribution is 2.37. The Morgan fingerprint density at radius 3 is 2.63 bits per heavy atom. The Balaban J connectivity index is 2.01. The van der Waals surface area contributed by atoms with Crippen LogP contribution in [0.25, 0.3) is 0 Å². The maximum Gasteiger partial charge on any atom is 0.0739 e. The van der Waals surface area contributed by atoms with Crippen molar-refractivity contribution in [3.8, 4) is 6.07 Å². The normalized spacial score (nSPS) is 27.2. The van der Waals surface area contributed by atoms with E-state index < -0.39 is 0 Å². The Hall–Kier alpha value is -1.33. The lowest BCUT2D eigenvalue weighted by molar-refractivity contribution is -0.0122. The molecule has 2 rings (SSSR count). The minimum absolute atomic E-state index is 0.0683. The third-order valence-corrected chi connectivity index (χ3v) is 3.87. The van der Waals surface area contributed by atoms with E-state index in [1.807, 2.05) is 0 Å². The van der Waals surface area contributed by atoms with E-state index in [4.69, 9.17) is 4.74 Å². The Labute approximate surface area is 116 Å². The van der Waals surface area contributed by atoms with Crippen LogP contribution in [-0.2, 0) is 4.74 Å². The van der Waals surface area contributed by atoms with Gasteiger partial charge in [-0.1, -0.05) is 44.2 Å². The monoisotopic (exact) mass is 257 g/mol. The van der Waals surface area contributed by atoms with Gasteiger partial charge in [0.25, 0.3) is 0 Å². The quantitative estimate of drug-likeness (QED) is 0.812. The number of nitriles is 1. The Morgan fingerprint density at radius 1 is 1.26 bits per heavy atom. The summed E-state index contributed by atoms with van der Waals surface area (Å²) >= 11 is 0. The average molecular weight is 257 g/mol. The van der Waals surface area contributed by atoms with Crippen molar-refractivity contribution in [2.75, 3.05) is 6.61 Å². The molecule has 1 aliphatic rings. The summed E-state index contributed by atoms with van der Waals surface area (Å²) in [5.74, 6) is 1.14. The molecule has 0 bridgehead atoms. The van der Waals surface area contributed by atoms with Gasteiger partial charge >= 0.3 is 0 Å². The maximum absolute atomic E-state index is 9.25. The van der Waals surface area contributed by atoms with E-state index >= 15 is 0 Å². The predicted molar refractivity (Wildman–Crippen MR) is 76.7 cm³/mol. The molecule has 0 saturated heterocycles. The molecule has 3 atom stereocenters. The number of hydrogen-bond donors (Lipinski definition) is 0. The summed E-state index contributed by atoms with van der Waals surface area (Å²) in [6.45, 7) is 5.06. The van der Waals surface area contributed by atoms with Crippen molar-refractivity contribution in [3.05, 3.63) is 35.9 Å². The topological polar surface area (TPSA) is 33.0 Å². The van der Waals surface area contributed by atoms with Crippen LogP contribution < -0.4 is 0 Å². The molecule has 1 saturated carbocycles. The largest absolute Gasteiger partial charge is 0.377 e. The van der Waals surface area contributed by atoms with Gasteiger partial charge in [0.2, 0.25) is 0 Å². The zero-order valence-corrected chi connectivity index (χ0v) is 11.9. The fourth-order valence-corrected chi connectivity index (χ4v) is 2.81. The Kier molecular flexibility index (Phi) is 4.99. The summed E-state index contributed by atoms with van der Waals surface area (Å²) in [7, 11) is 0. The first-order valence-corrected chi connectivity index (χ1v) is 7.27. The van der Waals surface area contributed by atoms with Gasteiger partial charge < -0.3 is 4.74 Å². The number of hydrogen-bond acceptors (Lipinski definition) is 2. The fraction of sp³-hybridized carbons (Fsp3) is 0.588. The number of benzene rings is 1. The summed E-state index contributed by atoms with van der Waals surface area (Å²) in [6, 6.07) is 13.0. The molecule has 1 aromatic rings. The lowest BCUT2D eigenvalue weighted by Gasteiger charge is -2.33. The van der Waals surface area contributed by atoms with E-state index in [0.29, 0.717) is 11.8 Å². The van der Waals surface area contributed by atoms with Crippen molar-refractivity contribution in [1.82, 2.24) is 0 Å². The molecule has 0 aliphatic heterocycles. The van der Waals surface area contributed by atoms with Gasteiger partial charge in [-0.2, -0.15) is 5.26 Å². The Morgan fingerprint density at radius 2 is 2.00 bits per heavy atom. The van der Waals surface area contributed by atoms with Crippen molar-refractivity contribution >= 4 is 0 Å². The molecule has 1 fully saturated rings. The van der Waals surface area contributed by atoms with Crippen molar-refractivity contribution < 1.29 is 4.74 Å². The molecule has 1 aromatic carbocycles. The summed E-state index contributed by atoms with van der Waals surface area (Å²) in [5.41, 5.74) is 1.39. The second kappa shape index (κ2) is 6.73. The van der Waals surface area contributed by atoms with Gasteiger partial charge in [-0.15, -0.1) is 0 Å². The third-order valence-electron chi connectivity index (χ3n) is 3.87. The second-order valence-corrected chi connectivity index (χ2v) is 5.92. The first kappa shape index (κ1) is 14.1. The van der Waals surface area contributed by atoms with Crippen LogP contribution in [0.1, 0.15) is 44.6 Å². The molecule has 0 aromatic heterocycles. The van der Waals surface area contributed by atoms with Gasteiger partial charge in [-0.25, -0.2) is 0 Å². The SMILES string of the molecule is CC(C)COC1CC(c2ccccc2)CCC1C#N. The molecule has 0 amide bonds. The number of nitrogens with zero attached hydrogens (tertiary/aromatic N) is 1. The molecule has 102 valence electrons. The van der Waals surface area contributed by atoms with Crippen molar-refractivity contribution in [2.24, 2.45) is 11.8 Å². The summed E-state index contributed by atoms with van der Waals surface area (Å²) < 4.78 is 5.98. The van der Waals surface area contributed by atoms with Gasteiger partial charge in [-0.05, 0) is 36.7 Å². The lowest BCUT2D eigenvalue weighted by Crippen LogP contribution is -2.31. The minimum Gasteiger partial charge on any atom is -0.377 e. The molecule has 19 heavy (non-hydrogen) atoms. The first-order chi connectivity index (χ1) is 9.20. The molecular formula is C17H23NO. The molecule has 0 radical (unpaired) electrons. The predicted octanol–water partition coefficient (Wildman–Crippen LogP) is 4.14. The molecule has 2 nitrogen and oxygen atoms in total. The third kappa shape index (κ3) is 3.81. The molecule has 3 unspecified atom stereocenters. The van der Waals surface area contributed by atoms with Crippen LogP contribution >= 0.6 is 0 Å². The highest BCUT2D eigenvalue weighted by molar-refractivity contribution is 5.20. The van der Waals surface area contributed by atoms with Crippen LogP contribution in [0.15, 0.2) is 30.3 Å². The van der Waals surface area contributed by atoms with E-state index in [0.717, 1.165) is 25.9 Å². The van der Waals surface area contributed by atoms with Crippen LogP contribution in [0.4, 0.5) is 0 Å². The van der Waals surface area contributed by atoms with Crippen LogP contribution in [0.3, 0.4) is 0 Å². The number of rotatable bonds is 4. The fourth-order valence-electron chi connectivity index (χ4n) is 2.81. The summed E-state index contributed by atoms with van der Waals surface area (Å²) in [4.78, 5) is 0. The Bertz CT molecular complexity index is 421. The van der Waals surface area contributed by atoms with Crippen LogP contribution in [-0.4, -0.2) is 12.7 Å². The van der Waals surface area contributed by atoms with E-state index in [1.54, 1.807) is 0 Å². The second-order valence-electron chi connectivity index (χ2n) is 5.92. The van der Waals surface area contributed by atoms with Gasteiger partial charge in [0.15, 0.2) is 0 Å². The summed E-state index contributed by atoms with van der Waals surface area (Å²) in [5, 5.41) is 9.25. The van der Waals surface area contributed by atoms with Crippen molar-refractivity contribution in [3.63, 3.8) is 0 Å². The molecule has 0 N–H and O–H groups in total. The van der Waals surface area contributed by atoms with E-state index in [2.05, 4.69) is 50.2 Å². The van der Waals surface area contributed by atoms with Crippen LogP contribution in [0, 0.1) is 23.2 Å². The average Bonchev–Trinajstić information content (AvgIpc) is 2.45. The molecule has 0 spiro atoms. The van der Waals surface area contributed by atoms with Crippen LogP contribution in [0.5, 0.6) is 0 Å². The van der Waals surface area contributed by atoms with Crippen LogP contribution in [0.2, 0.25) is 0 Å². The highest BCUT2D eigenvalue weighted by atomic mass is 16.5. The van der Waals surface area contributed by atoms with Gasteiger partial charge in [-0.3, -0.25) is 0 Å². The first-order valence-electron chi connectivity index (χ1n) is 7.27. The highest BCUT2D eigenvalue weighted by Gasteiger charge is 2.31.